The van der Waals surface area contributed by atoms with E-state index < -0.39 is 10.0 Å². The van der Waals surface area contributed by atoms with Crippen LogP contribution in [0.5, 0.6) is 0 Å². The van der Waals surface area contributed by atoms with Crippen molar-refractivity contribution in [1.29, 1.82) is 0 Å². The minimum absolute atomic E-state index is 0.0441. The zero-order chi connectivity index (χ0) is 23.5. The number of amides is 3. The van der Waals surface area contributed by atoms with Gasteiger partial charge in [-0.1, -0.05) is 18.2 Å². The van der Waals surface area contributed by atoms with Crippen molar-refractivity contribution in [2.24, 2.45) is 17.8 Å². The molecule has 0 radical (unpaired) electrons. The van der Waals surface area contributed by atoms with Gasteiger partial charge in [-0.05, 0) is 74.0 Å². The molecule has 4 N–H and O–H groups in total. The molecule has 4 fully saturated rings. The van der Waals surface area contributed by atoms with E-state index in [1.165, 1.54) is 25.3 Å². The molecule has 1 aromatic carbocycles. The van der Waals surface area contributed by atoms with Gasteiger partial charge in [0, 0.05) is 30.7 Å². The van der Waals surface area contributed by atoms with Crippen LogP contribution in [-0.2, 0) is 20.6 Å². The molecule has 0 unspecified atom stereocenters. The largest absolute Gasteiger partial charge is 0.338 e. The fourth-order valence-electron chi connectivity index (χ4n) is 6.20. The SMILES string of the molecule is C=CCNS(=O)(=O)Cc1ccc(NC(=O)CCNC(=O)NC23CC4CC(CC(C4)C2)C3)cc1. The van der Waals surface area contributed by atoms with Crippen molar-refractivity contribution < 1.29 is 18.0 Å². The van der Waals surface area contributed by atoms with Gasteiger partial charge in [-0.15, -0.1) is 6.58 Å². The van der Waals surface area contributed by atoms with Crippen LogP contribution in [0.1, 0.15) is 50.5 Å². The summed E-state index contributed by atoms with van der Waals surface area (Å²) in [4.78, 5) is 24.7. The van der Waals surface area contributed by atoms with E-state index in [-0.39, 0.29) is 42.7 Å². The standard InChI is InChI=1S/C24H34N4O4S/c1-2-8-26-33(31,32)16-17-3-5-21(6-4-17)27-22(29)7-9-25-23(30)28-24-13-18-10-19(14-24)12-20(11-18)15-24/h2-6,18-20,26H,1,7-16H2,(H,27,29)(H2,25,28,30). The second kappa shape index (κ2) is 9.85. The predicted molar refractivity (Wildman–Crippen MR) is 128 cm³/mol. The second-order valence-corrected chi connectivity index (χ2v) is 11.8. The molecule has 180 valence electrons. The first-order valence-electron chi connectivity index (χ1n) is 11.8. The lowest BCUT2D eigenvalue weighted by atomic mass is 9.53. The summed E-state index contributed by atoms with van der Waals surface area (Å²) in [6, 6.07) is 6.49. The van der Waals surface area contributed by atoms with Crippen molar-refractivity contribution in [3.05, 3.63) is 42.5 Å². The van der Waals surface area contributed by atoms with Crippen molar-refractivity contribution in [3.63, 3.8) is 0 Å². The first-order valence-corrected chi connectivity index (χ1v) is 13.4. The zero-order valence-electron chi connectivity index (χ0n) is 18.9. The maximum Gasteiger partial charge on any atom is 0.315 e. The number of hydrogen-bond donors (Lipinski definition) is 4. The van der Waals surface area contributed by atoms with Gasteiger partial charge in [-0.25, -0.2) is 17.9 Å². The van der Waals surface area contributed by atoms with Crippen molar-refractivity contribution in [3.8, 4) is 0 Å². The van der Waals surface area contributed by atoms with Crippen LogP contribution < -0.4 is 20.7 Å². The van der Waals surface area contributed by atoms with E-state index in [9.17, 15) is 18.0 Å². The van der Waals surface area contributed by atoms with Gasteiger partial charge in [0.05, 0.1) is 5.75 Å². The highest BCUT2D eigenvalue weighted by Gasteiger charge is 2.51. The number of carbonyl (C=O) groups excluding carboxylic acids is 2. The van der Waals surface area contributed by atoms with Gasteiger partial charge in [-0.2, -0.15) is 0 Å². The van der Waals surface area contributed by atoms with E-state index in [1.807, 2.05) is 0 Å². The summed E-state index contributed by atoms with van der Waals surface area (Å²) >= 11 is 0. The van der Waals surface area contributed by atoms with Gasteiger partial charge in [0.2, 0.25) is 15.9 Å². The molecule has 0 heterocycles. The molecule has 3 amide bonds. The fraction of sp³-hybridized carbons (Fsp3) is 0.583. The Kier molecular flexibility index (Phi) is 7.09. The number of anilines is 1. The summed E-state index contributed by atoms with van der Waals surface area (Å²) in [6.45, 7) is 3.93. The average Bonchev–Trinajstić information content (AvgIpc) is 2.72. The number of nitrogens with one attached hydrogen (secondary N) is 4. The minimum Gasteiger partial charge on any atom is -0.338 e. The quantitative estimate of drug-likeness (QED) is 0.390. The third-order valence-electron chi connectivity index (χ3n) is 7.10. The summed E-state index contributed by atoms with van der Waals surface area (Å²) in [5.74, 6) is 1.93. The Balaban J connectivity index is 1.17. The predicted octanol–water partition coefficient (Wildman–Crippen LogP) is 2.89. The molecule has 8 nitrogen and oxygen atoms in total. The van der Waals surface area contributed by atoms with Crippen molar-refractivity contribution in [1.82, 2.24) is 15.4 Å². The molecule has 1 aromatic rings. The first kappa shape index (κ1) is 23.8. The van der Waals surface area contributed by atoms with Crippen molar-refractivity contribution in [2.75, 3.05) is 18.4 Å². The Morgan fingerprint density at radius 3 is 2.21 bits per heavy atom. The molecule has 33 heavy (non-hydrogen) atoms. The third-order valence-corrected chi connectivity index (χ3v) is 8.42. The topological polar surface area (TPSA) is 116 Å². The van der Waals surface area contributed by atoms with E-state index in [4.69, 9.17) is 0 Å². The van der Waals surface area contributed by atoms with Crippen LogP contribution >= 0.6 is 0 Å². The van der Waals surface area contributed by atoms with Crippen LogP contribution in [0.2, 0.25) is 0 Å². The Labute approximate surface area is 196 Å². The lowest BCUT2D eigenvalue weighted by Gasteiger charge is -2.56. The van der Waals surface area contributed by atoms with E-state index in [2.05, 4.69) is 27.3 Å². The monoisotopic (exact) mass is 474 g/mol. The third kappa shape index (κ3) is 6.35. The van der Waals surface area contributed by atoms with Gasteiger partial charge in [0.1, 0.15) is 0 Å². The Bertz CT molecular complexity index is 955. The van der Waals surface area contributed by atoms with Crippen LogP contribution in [0.25, 0.3) is 0 Å². The molecule has 4 aliphatic rings. The maximum atomic E-state index is 12.5. The molecule has 0 aliphatic heterocycles. The smallest absolute Gasteiger partial charge is 0.315 e. The molecular formula is C24H34N4O4S. The summed E-state index contributed by atoms with van der Waals surface area (Å²) in [6.07, 6.45) is 8.90. The van der Waals surface area contributed by atoms with Gasteiger partial charge in [0.25, 0.3) is 0 Å². The fourth-order valence-corrected chi connectivity index (χ4v) is 7.31. The average molecular weight is 475 g/mol. The number of benzene rings is 1. The van der Waals surface area contributed by atoms with Gasteiger partial charge < -0.3 is 16.0 Å². The maximum absolute atomic E-state index is 12.5. The van der Waals surface area contributed by atoms with Gasteiger partial charge in [-0.3, -0.25) is 4.79 Å². The summed E-state index contributed by atoms with van der Waals surface area (Å²) < 4.78 is 26.3. The summed E-state index contributed by atoms with van der Waals surface area (Å²) in [7, 11) is -3.43. The summed E-state index contributed by atoms with van der Waals surface area (Å²) in [5.41, 5.74) is 1.16. The Morgan fingerprint density at radius 1 is 1.03 bits per heavy atom. The highest BCUT2D eigenvalue weighted by molar-refractivity contribution is 7.88. The molecule has 4 saturated carbocycles. The molecule has 0 atom stereocenters. The number of urea groups is 1. The lowest BCUT2D eigenvalue weighted by Crippen LogP contribution is -2.61. The van der Waals surface area contributed by atoms with Gasteiger partial charge in [0.15, 0.2) is 0 Å². The molecule has 4 bridgehead atoms. The molecule has 0 spiro atoms. The van der Waals surface area contributed by atoms with Crippen LogP contribution in [0.15, 0.2) is 36.9 Å². The van der Waals surface area contributed by atoms with Crippen LogP contribution in [-0.4, -0.2) is 39.0 Å². The van der Waals surface area contributed by atoms with Crippen LogP contribution in [0.3, 0.4) is 0 Å². The van der Waals surface area contributed by atoms with E-state index in [0.29, 0.717) is 11.3 Å². The van der Waals surface area contributed by atoms with E-state index in [0.717, 1.165) is 37.0 Å². The Hall–Kier alpha value is -2.39. The molecular weight excluding hydrogens is 440 g/mol. The minimum atomic E-state index is -3.43. The first-order chi connectivity index (χ1) is 15.7. The van der Waals surface area contributed by atoms with Crippen molar-refractivity contribution >= 4 is 27.6 Å². The van der Waals surface area contributed by atoms with Gasteiger partial charge >= 0.3 is 6.03 Å². The molecule has 0 aromatic heterocycles. The number of sulfonamides is 1. The Morgan fingerprint density at radius 2 is 1.64 bits per heavy atom. The number of rotatable bonds is 10. The van der Waals surface area contributed by atoms with Crippen molar-refractivity contribution in [2.45, 2.75) is 56.2 Å². The lowest BCUT2D eigenvalue weighted by molar-refractivity contribution is -0.116. The molecule has 4 aliphatic carbocycles. The molecule has 9 heteroatoms. The molecule has 0 saturated heterocycles. The van der Waals surface area contributed by atoms with Crippen LogP contribution in [0.4, 0.5) is 10.5 Å². The van der Waals surface area contributed by atoms with Crippen LogP contribution in [0, 0.1) is 17.8 Å². The van der Waals surface area contributed by atoms with E-state index in [1.54, 1.807) is 24.3 Å². The highest BCUT2D eigenvalue weighted by Crippen LogP contribution is 2.55. The zero-order valence-corrected chi connectivity index (χ0v) is 19.8. The highest BCUT2D eigenvalue weighted by atomic mass is 32.2. The van der Waals surface area contributed by atoms with E-state index >= 15 is 0 Å². The number of hydrogen-bond acceptors (Lipinski definition) is 4. The number of carbonyl (C=O) groups is 2. The second-order valence-electron chi connectivity index (χ2n) is 9.97. The summed E-state index contributed by atoms with van der Waals surface area (Å²) in [5, 5.41) is 8.86. The molecule has 5 rings (SSSR count). The normalized spacial score (nSPS) is 27.7.